The maximum Gasteiger partial charge on any atom is 0.320 e. The zero-order chi connectivity index (χ0) is 10.4. The number of carboxylic acid groups (broad SMARTS) is 1. The standard InChI is InChI=1S/C8H14N4O2/c9-6(7(13)14)2-1-3-10-8-11-4-5-12-8/h4-6H,1-3,9H2,(H,13,14)(H2,10,11,12)/t6-/m0/s1. The summed E-state index contributed by atoms with van der Waals surface area (Å²) < 4.78 is 0. The lowest BCUT2D eigenvalue weighted by Gasteiger charge is -2.06. The molecular weight excluding hydrogens is 184 g/mol. The number of hydrogen-bond acceptors (Lipinski definition) is 4. The summed E-state index contributed by atoms with van der Waals surface area (Å²) in [5.74, 6) is -0.267. The highest BCUT2D eigenvalue weighted by Gasteiger charge is 2.09. The van der Waals surface area contributed by atoms with Crippen LogP contribution in [-0.4, -0.2) is 33.6 Å². The first-order chi connectivity index (χ1) is 6.70. The average molecular weight is 198 g/mol. The van der Waals surface area contributed by atoms with Gasteiger partial charge in [-0.25, -0.2) is 4.98 Å². The van der Waals surface area contributed by atoms with E-state index in [0.717, 1.165) is 0 Å². The summed E-state index contributed by atoms with van der Waals surface area (Å²) in [5.41, 5.74) is 5.33. The van der Waals surface area contributed by atoms with Gasteiger partial charge in [0.05, 0.1) is 0 Å². The third-order valence-electron chi connectivity index (χ3n) is 1.80. The number of aliphatic carboxylic acids is 1. The average Bonchev–Trinajstić information content (AvgIpc) is 2.64. The number of nitrogens with two attached hydrogens (primary N) is 1. The molecule has 0 bridgehead atoms. The fourth-order valence-electron chi connectivity index (χ4n) is 1.01. The smallest absolute Gasteiger partial charge is 0.320 e. The van der Waals surface area contributed by atoms with Crippen LogP contribution in [-0.2, 0) is 4.79 Å². The molecule has 1 atom stereocenters. The second-order valence-electron chi connectivity index (χ2n) is 2.95. The third kappa shape index (κ3) is 3.44. The number of imidazole rings is 1. The summed E-state index contributed by atoms with van der Waals surface area (Å²) in [6.07, 6.45) is 4.52. The van der Waals surface area contributed by atoms with Crippen molar-refractivity contribution in [3.05, 3.63) is 12.4 Å². The molecule has 0 aromatic carbocycles. The molecule has 0 aliphatic carbocycles. The number of hydrogen-bond donors (Lipinski definition) is 4. The number of H-pyrrole nitrogens is 1. The number of carbonyl (C=O) groups is 1. The number of aromatic nitrogens is 2. The van der Waals surface area contributed by atoms with Crippen LogP contribution in [0.1, 0.15) is 12.8 Å². The van der Waals surface area contributed by atoms with Crippen molar-refractivity contribution in [1.82, 2.24) is 9.97 Å². The van der Waals surface area contributed by atoms with Gasteiger partial charge in [-0.2, -0.15) is 0 Å². The van der Waals surface area contributed by atoms with Crippen LogP contribution in [0, 0.1) is 0 Å². The molecule has 0 spiro atoms. The lowest BCUT2D eigenvalue weighted by atomic mass is 10.2. The molecule has 6 heteroatoms. The summed E-state index contributed by atoms with van der Waals surface area (Å²) in [5, 5.41) is 11.5. The highest BCUT2D eigenvalue weighted by Crippen LogP contribution is 1.98. The largest absolute Gasteiger partial charge is 0.480 e. The Morgan fingerprint density at radius 2 is 2.57 bits per heavy atom. The minimum Gasteiger partial charge on any atom is -0.480 e. The van der Waals surface area contributed by atoms with Gasteiger partial charge in [0.1, 0.15) is 6.04 Å². The van der Waals surface area contributed by atoms with E-state index >= 15 is 0 Å². The van der Waals surface area contributed by atoms with Gasteiger partial charge in [-0.15, -0.1) is 0 Å². The number of aromatic amines is 1. The minimum atomic E-state index is -0.956. The van der Waals surface area contributed by atoms with Crippen LogP contribution in [0.4, 0.5) is 5.95 Å². The van der Waals surface area contributed by atoms with Crippen molar-refractivity contribution in [3.63, 3.8) is 0 Å². The van der Waals surface area contributed by atoms with Crippen LogP contribution < -0.4 is 11.1 Å². The Morgan fingerprint density at radius 1 is 1.79 bits per heavy atom. The molecule has 1 aromatic heterocycles. The molecule has 1 heterocycles. The Bertz CT molecular complexity index is 273. The summed E-state index contributed by atoms with van der Waals surface area (Å²) in [6, 6.07) is -0.770. The number of rotatable bonds is 6. The summed E-state index contributed by atoms with van der Waals surface area (Å²) in [6.45, 7) is 0.661. The van der Waals surface area contributed by atoms with Crippen LogP contribution in [0.5, 0.6) is 0 Å². The molecule has 0 fully saturated rings. The lowest BCUT2D eigenvalue weighted by Crippen LogP contribution is -2.30. The topological polar surface area (TPSA) is 104 Å². The molecule has 6 nitrogen and oxygen atoms in total. The molecule has 1 rings (SSSR count). The molecule has 0 saturated carbocycles. The fraction of sp³-hybridized carbons (Fsp3) is 0.500. The van der Waals surface area contributed by atoms with Gasteiger partial charge < -0.3 is 21.1 Å². The predicted octanol–water partition coefficient (Wildman–Crippen LogP) is 0.0137. The summed E-state index contributed by atoms with van der Waals surface area (Å²) >= 11 is 0. The first-order valence-electron chi connectivity index (χ1n) is 4.42. The Morgan fingerprint density at radius 3 is 3.14 bits per heavy atom. The summed E-state index contributed by atoms with van der Waals surface area (Å²) in [7, 11) is 0. The second kappa shape index (κ2) is 5.23. The van der Waals surface area contributed by atoms with E-state index in [1.807, 2.05) is 0 Å². The Balaban J connectivity index is 2.08. The van der Waals surface area contributed by atoms with Gasteiger partial charge in [0.15, 0.2) is 5.95 Å². The first-order valence-corrected chi connectivity index (χ1v) is 4.42. The van der Waals surface area contributed by atoms with Gasteiger partial charge in [-0.3, -0.25) is 4.79 Å². The molecule has 0 radical (unpaired) electrons. The number of nitrogens with one attached hydrogen (secondary N) is 2. The maximum atomic E-state index is 10.4. The van der Waals surface area contributed by atoms with Crippen LogP contribution in [0.2, 0.25) is 0 Å². The monoisotopic (exact) mass is 198 g/mol. The fourth-order valence-corrected chi connectivity index (χ4v) is 1.01. The van der Waals surface area contributed by atoms with E-state index in [1.54, 1.807) is 12.4 Å². The Kier molecular flexibility index (Phi) is 3.93. The van der Waals surface area contributed by atoms with Crippen molar-refractivity contribution in [2.75, 3.05) is 11.9 Å². The van der Waals surface area contributed by atoms with Crippen LogP contribution in [0.25, 0.3) is 0 Å². The number of carboxylic acids is 1. The lowest BCUT2D eigenvalue weighted by molar-refractivity contribution is -0.138. The molecule has 1 aromatic rings. The van der Waals surface area contributed by atoms with Crippen molar-refractivity contribution >= 4 is 11.9 Å². The molecule has 0 aliphatic rings. The maximum absolute atomic E-state index is 10.4. The van der Waals surface area contributed by atoms with Crippen molar-refractivity contribution in [2.45, 2.75) is 18.9 Å². The minimum absolute atomic E-state index is 0.461. The van der Waals surface area contributed by atoms with E-state index in [1.165, 1.54) is 0 Å². The molecule has 14 heavy (non-hydrogen) atoms. The molecular formula is C8H14N4O2. The number of anilines is 1. The highest BCUT2D eigenvalue weighted by atomic mass is 16.4. The molecule has 78 valence electrons. The van der Waals surface area contributed by atoms with E-state index in [0.29, 0.717) is 25.3 Å². The van der Waals surface area contributed by atoms with Crippen LogP contribution in [0.15, 0.2) is 12.4 Å². The van der Waals surface area contributed by atoms with E-state index in [2.05, 4.69) is 15.3 Å². The van der Waals surface area contributed by atoms with E-state index < -0.39 is 12.0 Å². The Labute approximate surface area is 81.5 Å². The van der Waals surface area contributed by atoms with Crippen molar-refractivity contribution in [2.24, 2.45) is 5.73 Å². The van der Waals surface area contributed by atoms with Gasteiger partial charge in [-0.05, 0) is 12.8 Å². The van der Waals surface area contributed by atoms with Gasteiger partial charge in [0.25, 0.3) is 0 Å². The van der Waals surface area contributed by atoms with Crippen molar-refractivity contribution in [3.8, 4) is 0 Å². The van der Waals surface area contributed by atoms with Gasteiger partial charge in [0, 0.05) is 18.9 Å². The molecule has 0 aliphatic heterocycles. The second-order valence-corrected chi connectivity index (χ2v) is 2.95. The van der Waals surface area contributed by atoms with E-state index in [4.69, 9.17) is 10.8 Å². The normalized spacial score (nSPS) is 12.4. The van der Waals surface area contributed by atoms with E-state index in [-0.39, 0.29) is 0 Å². The van der Waals surface area contributed by atoms with Gasteiger partial charge in [0.2, 0.25) is 0 Å². The zero-order valence-corrected chi connectivity index (χ0v) is 7.73. The van der Waals surface area contributed by atoms with Crippen LogP contribution in [0.3, 0.4) is 0 Å². The molecule has 0 amide bonds. The van der Waals surface area contributed by atoms with Crippen LogP contribution >= 0.6 is 0 Å². The summed E-state index contributed by atoms with van der Waals surface area (Å²) in [4.78, 5) is 17.2. The first kappa shape index (κ1) is 10.5. The predicted molar refractivity (Wildman–Crippen MR) is 51.9 cm³/mol. The molecule has 0 unspecified atom stereocenters. The van der Waals surface area contributed by atoms with Gasteiger partial charge in [-0.1, -0.05) is 0 Å². The zero-order valence-electron chi connectivity index (χ0n) is 7.73. The van der Waals surface area contributed by atoms with Crippen molar-refractivity contribution in [1.29, 1.82) is 0 Å². The highest BCUT2D eigenvalue weighted by molar-refractivity contribution is 5.72. The number of nitrogens with zero attached hydrogens (tertiary/aromatic N) is 1. The third-order valence-corrected chi connectivity index (χ3v) is 1.80. The Hall–Kier alpha value is -1.56. The molecule has 0 saturated heterocycles. The van der Waals surface area contributed by atoms with Crippen molar-refractivity contribution < 1.29 is 9.90 Å². The SMILES string of the molecule is N[C@@H](CCCNc1ncc[nH]1)C(=O)O. The van der Waals surface area contributed by atoms with E-state index in [9.17, 15) is 4.79 Å². The molecule has 5 N–H and O–H groups in total. The quantitative estimate of drug-likeness (QED) is 0.482. The van der Waals surface area contributed by atoms with Gasteiger partial charge >= 0.3 is 5.97 Å².